The van der Waals surface area contributed by atoms with Crippen LogP contribution in [0, 0.1) is 5.82 Å². The Kier molecular flexibility index (Phi) is 3.18. The normalized spacial score (nSPS) is 20.8. The van der Waals surface area contributed by atoms with Gasteiger partial charge in [-0.05, 0) is 50.3 Å². The van der Waals surface area contributed by atoms with Crippen LogP contribution in [0.1, 0.15) is 25.0 Å². The molecule has 25 heavy (non-hydrogen) atoms. The quantitative estimate of drug-likeness (QED) is 0.782. The van der Waals surface area contributed by atoms with Crippen molar-refractivity contribution < 1.29 is 13.9 Å². The van der Waals surface area contributed by atoms with E-state index < -0.39 is 11.4 Å². The molecule has 3 N–H and O–H groups in total. The number of halogens is 1. The number of amides is 1. The molecule has 5 nitrogen and oxygen atoms in total. The van der Waals surface area contributed by atoms with Crippen LogP contribution in [0.5, 0.6) is 0 Å². The second-order valence-corrected chi connectivity index (χ2v) is 6.53. The van der Waals surface area contributed by atoms with E-state index >= 15 is 0 Å². The molecule has 0 bridgehead atoms. The maximum atomic E-state index is 13.6. The zero-order valence-electron chi connectivity index (χ0n) is 13.8. The van der Waals surface area contributed by atoms with Crippen LogP contribution >= 0.6 is 0 Å². The van der Waals surface area contributed by atoms with Gasteiger partial charge in [0.15, 0.2) is 0 Å². The number of benzene rings is 1. The van der Waals surface area contributed by atoms with Crippen molar-refractivity contribution in [1.82, 2.24) is 4.98 Å². The number of carbonyl (C=O) groups is 1. The number of rotatable bonds is 1. The molecule has 4 rings (SSSR count). The predicted molar refractivity (Wildman–Crippen MR) is 93.7 cm³/mol. The van der Waals surface area contributed by atoms with Gasteiger partial charge in [-0.2, -0.15) is 0 Å². The Labute approximate surface area is 144 Å². The molecule has 0 atom stereocenters. The van der Waals surface area contributed by atoms with Crippen LogP contribution in [0.2, 0.25) is 0 Å². The number of nitrogen functional groups attached to an aromatic ring is 1. The van der Waals surface area contributed by atoms with E-state index in [1.54, 1.807) is 18.3 Å². The average molecular weight is 337 g/mol. The van der Waals surface area contributed by atoms with Crippen LogP contribution in [0.15, 0.2) is 48.4 Å². The van der Waals surface area contributed by atoms with Crippen LogP contribution in [0.3, 0.4) is 0 Å². The maximum absolute atomic E-state index is 13.6. The fourth-order valence-corrected chi connectivity index (χ4v) is 3.17. The third-order valence-corrected chi connectivity index (χ3v) is 4.36. The number of anilines is 2. The number of nitrogens with zero attached hydrogens (tertiary/aromatic N) is 1. The third-order valence-electron chi connectivity index (χ3n) is 4.36. The number of allylic oxidation sites excluding steroid dienone is 1. The molecule has 1 aromatic carbocycles. The second kappa shape index (κ2) is 5.17. The molecule has 2 aliphatic heterocycles. The van der Waals surface area contributed by atoms with E-state index in [1.807, 2.05) is 26.0 Å². The Morgan fingerprint density at radius 1 is 1.24 bits per heavy atom. The van der Waals surface area contributed by atoms with Gasteiger partial charge in [-0.1, -0.05) is 0 Å². The first kappa shape index (κ1) is 15.4. The molecule has 0 fully saturated rings. The van der Waals surface area contributed by atoms with Crippen molar-refractivity contribution in [1.29, 1.82) is 0 Å². The highest BCUT2D eigenvalue weighted by Gasteiger charge is 2.38. The van der Waals surface area contributed by atoms with Gasteiger partial charge in [-0.15, -0.1) is 0 Å². The summed E-state index contributed by atoms with van der Waals surface area (Å²) in [7, 11) is 0. The number of pyridine rings is 1. The molecule has 1 aromatic heterocycles. The van der Waals surface area contributed by atoms with E-state index in [-0.39, 0.29) is 5.91 Å². The van der Waals surface area contributed by atoms with Gasteiger partial charge >= 0.3 is 0 Å². The minimum Gasteiger partial charge on any atom is -0.482 e. The molecule has 0 unspecified atom stereocenters. The SMILES string of the molecule is CC1(C)O/C(=C2/C(=O)Nc3ccc(F)cc32)C=C1c1ccc(N)nc1. The molecule has 3 heterocycles. The van der Waals surface area contributed by atoms with Gasteiger partial charge in [0.1, 0.15) is 23.0 Å². The summed E-state index contributed by atoms with van der Waals surface area (Å²) in [5.41, 5.74) is 8.13. The van der Waals surface area contributed by atoms with Crippen molar-refractivity contribution in [2.45, 2.75) is 19.4 Å². The molecule has 0 aliphatic carbocycles. The standard InChI is InChI=1S/C19H16FN3O2/c1-19(2)13(10-3-6-16(21)22-9-10)8-15(25-19)17-12-7-11(20)4-5-14(12)23-18(17)24/h3-9H,1-2H3,(H2,21,22)(H,23,24)/b17-15+. The summed E-state index contributed by atoms with van der Waals surface area (Å²) >= 11 is 0. The van der Waals surface area contributed by atoms with Gasteiger partial charge in [0, 0.05) is 28.6 Å². The summed E-state index contributed by atoms with van der Waals surface area (Å²) in [6.45, 7) is 3.81. The van der Waals surface area contributed by atoms with E-state index in [0.29, 0.717) is 28.4 Å². The zero-order chi connectivity index (χ0) is 17.8. The predicted octanol–water partition coefficient (Wildman–Crippen LogP) is 3.36. The number of hydrogen-bond donors (Lipinski definition) is 2. The minimum absolute atomic E-state index is 0.306. The van der Waals surface area contributed by atoms with Crippen molar-refractivity contribution in [3.63, 3.8) is 0 Å². The summed E-state index contributed by atoms with van der Waals surface area (Å²) < 4.78 is 19.7. The molecule has 2 aliphatic rings. The Morgan fingerprint density at radius 2 is 2.04 bits per heavy atom. The number of nitrogens with one attached hydrogen (secondary N) is 1. The summed E-state index contributed by atoms with van der Waals surface area (Å²) in [6, 6.07) is 7.76. The Morgan fingerprint density at radius 3 is 2.76 bits per heavy atom. The van der Waals surface area contributed by atoms with Gasteiger partial charge < -0.3 is 15.8 Å². The Balaban J connectivity index is 1.87. The fraction of sp³-hybridized carbons (Fsp3) is 0.158. The van der Waals surface area contributed by atoms with Crippen molar-refractivity contribution in [2.75, 3.05) is 11.1 Å². The van der Waals surface area contributed by atoms with Gasteiger partial charge in [-0.25, -0.2) is 9.37 Å². The molecule has 0 spiro atoms. The molecule has 2 aromatic rings. The van der Waals surface area contributed by atoms with Crippen LogP contribution in [0.25, 0.3) is 11.1 Å². The summed E-state index contributed by atoms with van der Waals surface area (Å²) in [5, 5.41) is 2.74. The van der Waals surface area contributed by atoms with Crippen molar-refractivity contribution >= 4 is 28.6 Å². The highest BCUT2D eigenvalue weighted by molar-refractivity contribution is 6.32. The molecule has 0 saturated carbocycles. The summed E-state index contributed by atoms with van der Waals surface area (Å²) in [5.74, 6) is 0.134. The Hall–Kier alpha value is -3.15. The van der Waals surface area contributed by atoms with Crippen LogP contribution in [0.4, 0.5) is 15.9 Å². The van der Waals surface area contributed by atoms with E-state index in [1.165, 1.54) is 12.1 Å². The van der Waals surface area contributed by atoms with Crippen LogP contribution in [-0.2, 0) is 9.53 Å². The third kappa shape index (κ3) is 2.46. The molecule has 1 amide bonds. The molecule has 0 radical (unpaired) electrons. The van der Waals surface area contributed by atoms with Crippen molar-refractivity contribution in [3.8, 4) is 0 Å². The lowest BCUT2D eigenvalue weighted by Crippen LogP contribution is -2.21. The first-order valence-corrected chi connectivity index (χ1v) is 7.84. The first-order valence-electron chi connectivity index (χ1n) is 7.84. The van der Waals surface area contributed by atoms with E-state index in [4.69, 9.17) is 10.5 Å². The lowest BCUT2D eigenvalue weighted by molar-refractivity contribution is -0.111. The van der Waals surface area contributed by atoms with E-state index in [0.717, 1.165) is 11.1 Å². The maximum Gasteiger partial charge on any atom is 0.260 e. The number of ether oxygens (including phenoxy) is 1. The monoisotopic (exact) mass is 337 g/mol. The highest BCUT2D eigenvalue weighted by atomic mass is 19.1. The largest absolute Gasteiger partial charge is 0.482 e. The lowest BCUT2D eigenvalue weighted by Gasteiger charge is -2.23. The fourth-order valence-electron chi connectivity index (χ4n) is 3.17. The molecule has 6 heteroatoms. The van der Waals surface area contributed by atoms with Gasteiger partial charge in [0.2, 0.25) is 0 Å². The Bertz CT molecular complexity index is 959. The topological polar surface area (TPSA) is 77.2 Å². The van der Waals surface area contributed by atoms with Gasteiger partial charge in [-0.3, -0.25) is 4.79 Å². The minimum atomic E-state index is -0.656. The molecule has 0 saturated heterocycles. The number of carbonyl (C=O) groups excluding carboxylic acids is 1. The molecular weight excluding hydrogens is 321 g/mol. The highest BCUT2D eigenvalue weighted by Crippen LogP contribution is 2.44. The van der Waals surface area contributed by atoms with Crippen molar-refractivity contribution in [3.05, 3.63) is 65.3 Å². The summed E-state index contributed by atoms with van der Waals surface area (Å²) in [6.07, 6.45) is 3.48. The smallest absolute Gasteiger partial charge is 0.260 e. The number of hydrogen-bond acceptors (Lipinski definition) is 4. The molecule has 126 valence electrons. The number of fused-ring (bicyclic) bond motifs is 1. The lowest BCUT2D eigenvalue weighted by atomic mass is 9.93. The van der Waals surface area contributed by atoms with Gasteiger partial charge in [0.05, 0.1) is 5.57 Å². The van der Waals surface area contributed by atoms with Crippen LogP contribution < -0.4 is 11.1 Å². The van der Waals surface area contributed by atoms with Crippen molar-refractivity contribution in [2.24, 2.45) is 0 Å². The van der Waals surface area contributed by atoms with Crippen LogP contribution in [-0.4, -0.2) is 16.5 Å². The number of nitrogens with two attached hydrogens (primary N) is 1. The number of aromatic nitrogens is 1. The first-order chi connectivity index (χ1) is 11.8. The second-order valence-electron chi connectivity index (χ2n) is 6.53. The van der Waals surface area contributed by atoms with E-state index in [9.17, 15) is 9.18 Å². The average Bonchev–Trinajstić information content (AvgIpc) is 3.03. The molecular formula is C19H16FN3O2. The zero-order valence-corrected chi connectivity index (χ0v) is 13.8. The summed E-state index contributed by atoms with van der Waals surface area (Å²) in [4.78, 5) is 16.5. The van der Waals surface area contributed by atoms with Gasteiger partial charge in [0.25, 0.3) is 5.91 Å². The van der Waals surface area contributed by atoms with E-state index in [2.05, 4.69) is 10.3 Å².